The lowest BCUT2D eigenvalue weighted by Crippen LogP contribution is -2.58. The van der Waals surface area contributed by atoms with E-state index in [1.54, 1.807) is 13.8 Å². The fourth-order valence-corrected chi connectivity index (χ4v) is 2.67. The maximum atomic E-state index is 12.8. The molecule has 5 unspecified atom stereocenters. The monoisotopic (exact) mass is 488 g/mol. The van der Waals surface area contributed by atoms with E-state index in [2.05, 4.69) is 10.6 Å². The lowest BCUT2D eigenvalue weighted by Gasteiger charge is -2.25. The van der Waals surface area contributed by atoms with Gasteiger partial charge in [-0.15, -0.1) is 0 Å². The topological polar surface area (TPSA) is 274 Å². The fraction of sp³-hybridized carbons (Fsp3) is 0.632. The molecule has 5 amide bonds. The predicted molar refractivity (Wildman–Crippen MR) is 115 cm³/mol. The molecule has 0 heterocycles. The largest absolute Gasteiger partial charge is 0.481 e. The van der Waals surface area contributed by atoms with Crippen molar-refractivity contribution in [2.75, 3.05) is 0 Å². The number of rotatable bonds is 16. The molecule has 11 N–H and O–H groups in total. The number of carbonyl (C=O) groups is 7. The average Bonchev–Trinajstić information content (AvgIpc) is 2.73. The van der Waals surface area contributed by atoms with Gasteiger partial charge in [-0.1, -0.05) is 20.3 Å². The van der Waals surface area contributed by atoms with Crippen LogP contribution in [0.1, 0.15) is 46.0 Å². The molecule has 0 aromatic rings. The van der Waals surface area contributed by atoms with Gasteiger partial charge in [-0.05, 0) is 12.3 Å². The van der Waals surface area contributed by atoms with Crippen LogP contribution in [0.5, 0.6) is 0 Å². The summed E-state index contributed by atoms with van der Waals surface area (Å²) in [6.45, 7) is 3.50. The minimum atomic E-state index is -1.83. The lowest BCUT2D eigenvalue weighted by molar-refractivity contribution is -0.147. The van der Waals surface area contributed by atoms with Gasteiger partial charge in [-0.3, -0.25) is 28.8 Å². The second-order valence-electron chi connectivity index (χ2n) is 7.71. The van der Waals surface area contributed by atoms with Gasteiger partial charge >= 0.3 is 11.9 Å². The highest BCUT2D eigenvalue weighted by molar-refractivity contribution is 5.96. The number of nitrogens with one attached hydrogen (secondary N) is 3. The van der Waals surface area contributed by atoms with Gasteiger partial charge in [0.25, 0.3) is 0 Å². The summed E-state index contributed by atoms with van der Waals surface area (Å²) in [5, 5.41) is 24.4. The van der Waals surface area contributed by atoms with Crippen LogP contribution < -0.4 is 33.2 Å². The highest BCUT2D eigenvalue weighted by atomic mass is 16.4. The number of carboxylic acids is 2. The summed E-state index contributed by atoms with van der Waals surface area (Å²) in [4.78, 5) is 82.3. The normalized spacial score (nSPS) is 15.0. The Morgan fingerprint density at radius 2 is 1.26 bits per heavy atom. The quantitative estimate of drug-likeness (QED) is 0.106. The van der Waals surface area contributed by atoms with Gasteiger partial charge in [0.15, 0.2) is 0 Å². The van der Waals surface area contributed by atoms with Gasteiger partial charge in [-0.2, -0.15) is 0 Å². The van der Waals surface area contributed by atoms with Gasteiger partial charge in [0.05, 0.1) is 18.9 Å². The first-order valence-corrected chi connectivity index (χ1v) is 10.4. The van der Waals surface area contributed by atoms with Crippen LogP contribution in [0, 0.1) is 5.92 Å². The molecule has 0 saturated heterocycles. The van der Waals surface area contributed by atoms with Crippen molar-refractivity contribution in [3.05, 3.63) is 0 Å². The molecular weight excluding hydrogens is 456 g/mol. The summed E-state index contributed by atoms with van der Waals surface area (Å²) in [5.41, 5.74) is 16.0. The van der Waals surface area contributed by atoms with Crippen molar-refractivity contribution in [1.82, 2.24) is 16.0 Å². The number of aliphatic carboxylic acids is 2. The van der Waals surface area contributed by atoms with Crippen molar-refractivity contribution in [1.29, 1.82) is 0 Å². The zero-order valence-corrected chi connectivity index (χ0v) is 18.9. The summed E-state index contributed by atoms with van der Waals surface area (Å²) in [5.74, 6) is -8.12. The van der Waals surface area contributed by atoms with Gasteiger partial charge in [0.1, 0.15) is 18.1 Å². The standard InChI is InChI=1S/C19H32N6O9/c1-3-8(2)15(22)18(32)24-10(6-13(21)27)17(31)23-9(4-5-12(20)26)16(30)25-11(19(33)34)7-14(28)29/h8-11,15H,3-7,22H2,1-2H3,(H2,20,26)(H2,21,27)(H,23,31)(H,24,32)(H,25,30)(H,28,29)(H,33,34). The highest BCUT2D eigenvalue weighted by Gasteiger charge is 2.32. The smallest absolute Gasteiger partial charge is 0.326 e. The van der Waals surface area contributed by atoms with E-state index in [0.717, 1.165) is 0 Å². The van der Waals surface area contributed by atoms with E-state index in [1.807, 2.05) is 5.32 Å². The average molecular weight is 488 g/mol. The van der Waals surface area contributed by atoms with Crippen LogP contribution in [0.4, 0.5) is 0 Å². The van der Waals surface area contributed by atoms with Crippen molar-refractivity contribution in [3.8, 4) is 0 Å². The van der Waals surface area contributed by atoms with Crippen LogP contribution in [0.3, 0.4) is 0 Å². The second-order valence-corrected chi connectivity index (χ2v) is 7.71. The lowest BCUT2D eigenvalue weighted by atomic mass is 9.99. The first-order valence-electron chi connectivity index (χ1n) is 10.4. The third-order valence-electron chi connectivity index (χ3n) is 4.90. The molecular formula is C19H32N6O9. The zero-order chi connectivity index (χ0) is 26.6. The molecule has 0 radical (unpaired) electrons. The molecule has 0 rings (SSSR count). The zero-order valence-electron chi connectivity index (χ0n) is 18.9. The SMILES string of the molecule is CCC(C)C(N)C(=O)NC(CC(N)=O)C(=O)NC(CCC(N)=O)C(=O)NC(CC(=O)O)C(=O)O. The number of hydrogen-bond acceptors (Lipinski definition) is 8. The fourth-order valence-electron chi connectivity index (χ4n) is 2.67. The molecule has 15 nitrogen and oxygen atoms in total. The minimum absolute atomic E-state index is 0.256. The Balaban J connectivity index is 5.65. The highest BCUT2D eigenvalue weighted by Crippen LogP contribution is 2.07. The van der Waals surface area contributed by atoms with Crippen LogP contribution in [-0.4, -0.2) is 75.9 Å². The van der Waals surface area contributed by atoms with E-state index in [0.29, 0.717) is 6.42 Å². The van der Waals surface area contributed by atoms with E-state index >= 15 is 0 Å². The number of amides is 5. The molecule has 0 aliphatic carbocycles. The van der Waals surface area contributed by atoms with E-state index in [-0.39, 0.29) is 12.3 Å². The molecule has 0 aromatic carbocycles. The molecule has 15 heteroatoms. The Hall–Kier alpha value is -3.75. The Kier molecular flexibility index (Phi) is 12.8. The van der Waals surface area contributed by atoms with Crippen molar-refractivity contribution in [3.63, 3.8) is 0 Å². The first-order chi connectivity index (χ1) is 15.7. The summed E-state index contributed by atoms with van der Waals surface area (Å²) >= 11 is 0. The van der Waals surface area contributed by atoms with Gasteiger partial charge in [-0.25, -0.2) is 4.79 Å². The minimum Gasteiger partial charge on any atom is -0.481 e. The number of carbonyl (C=O) groups excluding carboxylic acids is 5. The first kappa shape index (κ1) is 30.2. The third kappa shape index (κ3) is 11.2. The van der Waals surface area contributed by atoms with Crippen LogP contribution in [0.25, 0.3) is 0 Å². The van der Waals surface area contributed by atoms with Crippen molar-refractivity contribution >= 4 is 41.5 Å². The molecule has 0 saturated carbocycles. The molecule has 5 atom stereocenters. The summed E-state index contributed by atoms with van der Waals surface area (Å²) in [6.07, 6.45) is -1.83. The van der Waals surface area contributed by atoms with E-state index in [9.17, 15) is 33.6 Å². The van der Waals surface area contributed by atoms with Crippen LogP contribution in [-0.2, 0) is 33.6 Å². The molecule has 0 aliphatic heterocycles. The van der Waals surface area contributed by atoms with Gasteiger partial charge in [0, 0.05) is 6.42 Å². The number of carboxylic acid groups (broad SMARTS) is 2. The van der Waals surface area contributed by atoms with Crippen LogP contribution in [0.15, 0.2) is 0 Å². The third-order valence-corrected chi connectivity index (χ3v) is 4.90. The van der Waals surface area contributed by atoms with Crippen molar-refractivity contribution in [2.45, 2.75) is 70.1 Å². The maximum Gasteiger partial charge on any atom is 0.326 e. The molecule has 192 valence electrons. The maximum absolute atomic E-state index is 12.8. The molecule has 0 spiro atoms. The number of primary amides is 2. The molecule has 0 aromatic heterocycles. The Bertz CT molecular complexity index is 803. The Labute approximate surface area is 195 Å². The van der Waals surface area contributed by atoms with Gasteiger partial charge < -0.3 is 43.4 Å². The second kappa shape index (κ2) is 14.4. The van der Waals surface area contributed by atoms with Gasteiger partial charge in [0.2, 0.25) is 29.5 Å². The predicted octanol–water partition coefficient (Wildman–Crippen LogP) is -3.49. The Morgan fingerprint density at radius 1 is 0.765 bits per heavy atom. The van der Waals surface area contributed by atoms with Crippen LogP contribution in [0.2, 0.25) is 0 Å². The Morgan fingerprint density at radius 3 is 1.71 bits per heavy atom. The molecule has 0 bridgehead atoms. The van der Waals surface area contributed by atoms with E-state index in [4.69, 9.17) is 27.4 Å². The van der Waals surface area contributed by atoms with Crippen LogP contribution >= 0.6 is 0 Å². The summed E-state index contributed by atoms with van der Waals surface area (Å²) < 4.78 is 0. The van der Waals surface area contributed by atoms with Crippen molar-refractivity contribution < 1.29 is 43.8 Å². The molecule has 0 aliphatic rings. The molecule has 0 fully saturated rings. The summed E-state index contributed by atoms with van der Waals surface area (Å²) in [7, 11) is 0. The number of hydrogen-bond donors (Lipinski definition) is 8. The number of nitrogens with two attached hydrogens (primary N) is 3. The van der Waals surface area contributed by atoms with Crippen molar-refractivity contribution in [2.24, 2.45) is 23.1 Å². The van der Waals surface area contributed by atoms with E-state index < -0.39 is 84.9 Å². The van der Waals surface area contributed by atoms with E-state index in [1.165, 1.54) is 0 Å². The molecule has 34 heavy (non-hydrogen) atoms. The summed E-state index contributed by atoms with van der Waals surface area (Å²) in [6, 6.07) is -5.91.